The maximum Gasteiger partial charge on any atom is 0.252 e. The number of pyridine rings is 1. The molecule has 1 N–H and O–H groups in total. The third kappa shape index (κ3) is 3.07. The Morgan fingerprint density at radius 3 is 2.76 bits per heavy atom. The molecule has 0 aliphatic rings. The smallest absolute Gasteiger partial charge is 0.252 e. The predicted molar refractivity (Wildman–Crippen MR) is 69.1 cm³/mol. The van der Waals surface area contributed by atoms with Crippen molar-refractivity contribution in [3.8, 4) is 0 Å². The van der Waals surface area contributed by atoms with Gasteiger partial charge in [-0.3, -0.25) is 9.78 Å². The van der Waals surface area contributed by atoms with E-state index >= 15 is 0 Å². The summed E-state index contributed by atoms with van der Waals surface area (Å²) in [5, 5.41) is 2.83. The van der Waals surface area contributed by atoms with Crippen LogP contribution in [0, 0.1) is 0 Å². The second-order valence-corrected chi connectivity index (χ2v) is 4.04. The first-order valence-corrected chi connectivity index (χ1v) is 5.67. The minimum atomic E-state index is -0.126. The Bertz CT molecular complexity index is 514. The number of carbonyl (C=O) groups excluding carboxylic acids is 1. The Labute approximate surface area is 105 Å². The van der Waals surface area contributed by atoms with Gasteiger partial charge in [-0.05, 0) is 23.8 Å². The van der Waals surface area contributed by atoms with E-state index in [4.69, 9.17) is 0 Å². The molecule has 86 valence electrons. The molecule has 2 rings (SSSR count). The quantitative estimate of drug-likeness (QED) is 0.813. The lowest BCUT2D eigenvalue weighted by molar-refractivity contribution is 0.0948. The average Bonchev–Trinajstić information content (AvgIpc) is 2.38. The molecular weight excluding hydrogens is 232 g/mol. The summed E-state index contributed by atoms with van der Waals surface area (Å²) in [5.74, 6) is -0.126. The summed E-state index contributed by atoms with van der Waals surface area (Å²) in [4.78, 5) is 16.5. The van der Waals surface area contributed by atoms with Gasteiger partial charge < -0.3 is 5.32 Å². The number of carbonyl (C=O) groups is 1. The molecule has 0 aliphatic carbocycles. The molecule has 1 aromatic heterocycles. The minimum absolute atomic E-state index is 0.126. The maximum absolute atomic E-state index is 11.9. The normalized spacial score (nSPS) is 9.94. The topological polar surface area (TPSA) is 42.0 Å². The largest absolute Gasteiger partial charge is 0.348 e. The molecule has 1 aromatic carbocycles. The number of rotatable bonds is 3. The molecule has 0 atom stereocenters. The van der Waals surface area contributed by atoms with Crippen LogP contribution >= 0.6 is 12.6 Å². The summed E-state index contributed by atoms with van der Waals surface area (Å²) in [5.41, 5.74) is 1.55. The SMILES string of the molecule is O=C(NCc1cccnc1)c1ccccc1S. The fourth-order valence-electron chi connectivity index (χ4n) is 1.45. The number of nitrogens with zero attached hydrogens (tertiary/aromatic N) is 1. The molecular formula is C13H12N2OS. The Morgan fingerprint density at radius 1 is 1.24 bits per heavy atom. The number of benzene rings is 1. The third-order valence-corrected chi connectivity index (χ3v) is 2.71. The van der Waals surface area contributed by atoms with E-state index in [1.165, 1.54) is 0 Å². The summed E-state index contributed by atoms with van der Waals surface area (Å²) in [6, 6.07) is 11.0. The summed E-state index contributed by atoms with van der Waals surface area (Å²) < 4.78 is 0. The molecule has 4 heteroatoms. The molecule has 0 unspecified atom stereocenters. The van der Waals surface area contributed by atoms with Crippen LogP contribution in [0.2, 0.25) is 0 Å². The van der Waals surface area contributed by atoms with Crippen LogP contribution in [-0.2, 0) is 6.54 Å². The van der Waals surface area contributed by atoms with Gasteiger partial charge in [-0.1, -0.05) is 18.2 Å². The number of amides is 1. The highest BCUT2D eigenvalue weighted by Gasteiger charge is 2.07. The van der Waals surface area contributed by atoms with E-state index in [1.807, 2.05) is 24.3 Å². The van der Waals surface area contributed by atoms with E-state index in [9.17, 15) is 4.79 Å². The molecule has 0 bridgehead atoms. The number of hydrogen-bond acceptors (Lipinski definition) is 3. The molecule has 0 saturated carbocycles. The summed E-state index contributed by atoms with van der Waals surface area (Å²) in [6.07, 6.45) is 3.43. The van der Waals surface area contributed by atoms with Gasteiger partial charge in [0.25, 0.3) is 5.91 Å². The van der Waals surface area contributed by atoms with Gasteiger partial charge in [0.2, 0.25) is 0 Å². The van der Waals surface area contributed by atoms with E-state index in [0.29, 0.717) is 17.0 Å². The van der Waals surface area contributed by atoms with Gasteiger partial charge in [0.05, 0.1) is 5.56 Å². The third-order valence-electron chi connectivity index (χ3n) is 2.32. The minimum Gasteiger partial charge on any atom is -0.348 e. The Morgan fingerprint density at radius 2 is 2.06 bits per heavy atom. The highest BCUT2D eigenvalue weighted by Crippen LogP contribution is 2.12. The Balaban J connectivity index is 2.01. The summed E-state index contributed by atoms with van der Waals surface area (Å²) in [6.45, 7) is 0.467. The van der Waals surface area contributed by atoms with Crippen LogP contribution in [0.3, 0.4) is 0 Å². The van der Waals surface area contributed by atoms with Gasteiger partial charge in [-0.2, -0.15) is 0 Å². The zero-order chi connectivity index (χ0) is 12.1. The van der Waals surface area contributed by atoms with Crippen molar-refractivity contribution in [3.05, 3.63) is 59.9 Å². The van der Waals surface area contributed by atoms with Gasteiger partial charge in [0.1, 0.15) is 0 Å². The monoisotopic (exact) mass is 244 g/mol. The molecule has 0 spiro atoms. The van der Waals surface area contributed by atoms with Crippen LogP contribution in [0.4, 0.5) is 0 Å². The van der Waals surface area contributed by atoms with Crippen LogP contribution in [0.5, 0.6) is 0 Å². The van der Waals surface area contributed by atoms with Crippen molar-refractivity contribution >= 4 is 18.5 Å². The summed E-state index contributed by atoms with van der Waals surface area (Å²) in [7, 11) is 0. The van der Waals surface area contributed by atoms with Gasteiger partial charge in [-0.15, -0.1) is 12.6 Å². The number of hydrogen-bond donors (Lipinski definition) is 2. The Hall–Kier alpha value is -1.81. The average molecular weight is 244 g/mol. The van der Waals surface area contributed by atoms with Crippen LogP contribution < -0.4 is 5.32 Å². The maximum atomic E-state index is 11.9. The number of nitrogens with one attached hydrogen (secondary N) is 1. The van der Waals surface area contributed by atoms with Crippen LogP contribution in [0.25, 0.3) is 0 Å². The molecule has 3 nitrogen and oxygen atoms in total. The van der Waals surface area contributed by atoms with Crippen LogP contribution in [-0.4, -0.2) is 10.9 Å². The fraction of sp³-hybridized carbons (Fsp3) is 0.0769. The second kappa shape index (κ2) is 5.50. The lowest BCUT2D eigenvalue weighted by atomic mass is 10.2. The van der Waals surface area contributed by atoms with E-state index < -0.39 is 0 Å². The zero-order valence-electron chi connectivity index (χ0n) is 9.13. The lowest BCUT2D eigenvalue weighted by Crippen LogP contribution is -2.23. The standard InChI is InChI=1S/C13H12N2OS/c16-13(11-5-1-2-6-12(11)17)15-9-10-4-3-7-14-8-10/h1-8,17H,9H2,(H,15,16). The van der Waals surface area contributed by atoms with Gasteiger partial charge in [0, 0.05) is 23.8 Å². The van der Waals surface area contributed by atoms with Gasteiger partial charge in [0.15, 0.2) is 0 Å². The molecule has 0 aliphatic heterocycles. The van der Waals surface area contributed by atoms with Crippen molar-refractivity contribution < 1.29 is 4.79 Å². The highest BCUT2D eigenvalue weighted by atomic mass is 32.1. The second-order valence-electron chi connectivity index (χ2n) is 3.56. The number of aromatic nitrogens is 1. The van der Waals surface area contributed by atoms with Gasteiger partial charge >= 0.3 is 0 Å². The molecule has 2 aromatic rings. The van der Waals surface area contributed by atoms with E-state index in [2.05, 4.69) is 22.9 Å². The zero-order valence-corrected chi connectivity index (χ0v) is 10.0. The summed E-state index contributed by atoms with van der Waals surface area (Å²) >= 11 is 4.24. The first-order chi connectivity index (χ1) is 8.27. The molecule has 17 heavy (non-hydrogen) atoms. The molecule has 0 radical (unpaired) electrons. The predicted octanol–water partition coefficient (Wildman–Crippen LogP) is 2.30. The Kier molecular flexibility index (Phi) is 3.77. The van der Waals surface area contributed by atoms with E-state index in [-0.39, 0.29) is 5.91 Å². The molecule has 0 saturated heterocycles. The first-order valence-electron chi connectivity index (χ1n) is 5.22. The van der Waals surface area contributed by atoms with Crippen molar-refractivity contribution in [3.63, 3.8) is 0 Å². The van der Waals surface area contributed by atoms with Crippen molar-refractivity contribution in [2.75, 3.05) is 0 Å². The fourth-order valence-corrected chi connectivity index (χ4v) is 1.71. The number of thiol groups is 1. The molecule has 1 amide bonds. The molecule has 1 heterocycles. The van der Waals surface area contributed by atoms with Crippen molar-refractivity contribution in [1.29, 1.82) is 0 Å². The highest BCUT2D eigenvalue weighted by molar-refractivity contribution is 7.80. The van der Waals surface area contributed by atoms with Crippen molar-refractivity contribution in [2.24, 2.45) is 0 Å². The lowest BCUT2D eigenvalue weighted by Gasteiger charge is -2.06. The first kappa shape index (κ1) is 11.7. The van der Waals surface area contributed by atoms with Crippen LogP contribution in [0.15, 0.2) is 53.7 Å². The van der Waals surface area contributed by atoms with Crippen molar-refractivity contribution in [1.82, 2.24) is 10.3 Å². The van der Waals surface area contributed by atoms with E-state index in [0.717, 1.165) is 5.56 Å². The van der Waals surface area contributed by atoms with Gasteiger partial charge in [-0.25, -0.2) is 0 Å². The van der Waals surface area contributed by atoms with Crippen LogP contribution in [0.1, 0.15) is 15.9 Å². The van der Waals surface area contributed by atoms with Crippen molar-refractivity contribution in [2.45, 2.75) is 11.4 Å². The van der Waals surface area contributed by atoms with E-state index in [1.54, 1.807) is 24.5 Å². The molecule has 0 fully saturated rings.